The van der Waals surface area contributed by atoms with Gasteiger partial charge in [0.15, 0.2) is 12.1 Å². The number of carbonyl (C=O) groups is 2. The molecule has 14 nitrogen and oxygen atoms in total. The summed E-state index contributed by atoms with van der Waals surface area (Å²) in [7, 11) is 0. The van der Waals surface area contributed by atoms with Crippen LogP contribution in [0.3, 0.4) is 0 Å². The van der Waals surface area contributed by atoms with Crippen molar-refractivity contribution in [3.8, 4) is 0 Å². The Morgan fingerprint density at radius 1 is 0.936 bits per heavy atom. The number of amides is 1. The number of hydrogen-bond donors (Lipinski definition) is 7. The molecule has 1 amide bonds. The van der Waals surface area contributed by atoms with Gasteiger partial charge in [-0.05, 0) is 19.9 Å². The fraction of sp³-hybridized carbons (Fsp3) is 0.636. The predicted octanol–water partition coefficient (Wildman–Crippen LogP) is -0.480. The number of epoxide rings is 1. The zero-order chi connectivity index (χ0) is 34.3. The first-order valence-corrected chi connectivity index (χ1v) is 16.0. The SMILES string of the molecule is CC1C\C=C/C=C/C=C/C=C/C(O[C@@H]2OC(C)[C@@H](O)[C@H](N)[C@@H]2O)CC2OC(O)(CC(O)CC3OC3/C=C\C(=O)O1)CC(O)C2C(N)=O. The van der Waals surface area contributed by atoms with Gasteiger partial charge in [0.05, 0.1) is 54.7 Å². The average molecular weight is 665 g/mol. The van der Waals surface area contributed by atoms with Crippen molar-refractivity contribution in [1.29, 1.82) is 0 Å². The fourth-order valence-corrected chi connectivity index (χ4v) is 6.05. The van der Waals surface area contributed by atoms with Gasteiger partial charge in [0, 0.05) is 38.2 Å². The Morgan fingerprint density at radius 3 is 2.36 bits per heavy atom. The van der Waals surface area contributed by atoms with Crippen LogP contribution in [0.1, 0.15) is 46.0 Å². The zero-order valence-corrected chi connectivity index (χ0v) is 26.6. The van der Waals surface area contributed by atoms with Gasteiger partial charge in [-0.25, -0.2) is 4.79 Å². The molecule has 14 atom stereocenters. The summed E-state index contributed by atoms with van der Waals surface area (Å²) in [4.78, 5) is 24.7. The van der Waals surface area contributed by atoms with Gasteiger partial charge in [-0.15, -0.1) is 0 Å². The Morgan fingerprint density at radius 2 is 1.64 bits per heavy atom. The molecule has 4 aliphatic heterocycles. The lowest BCUT2D eigenvalue weighted by molar-refractivity contribution is -0.306. The van der Waals surface area contributed by atoms with E-state index in [1.165, 1.54) is 6.08 Å². The number of esters is 1. The van der Waals surface area contributed by atoms with E-state index >= 15 is 0 Å². The molecule has 9 N–H and O–H groups in total. The van der Waals surface area contributed by atoms with Crippen molar-refractivity contribution >= 4 is 11.9 Å². The maximum atomic E-state index is 12.5. The molecule has 4 aliphatic rings. The first kappa shape index (κ1) is 37.1. The van der Waals surface area contributed by atoms with Crippen molar-refractivity contribution < 1.29 is 58.8 Å². The van der Waals surface area contributed by atoms with Gasteiger partial charge in [0.25, 0.3) is 0 Å². The van der Waals surface area contributed by atoms with Crippen molar-refractivity contribution in [2.75, 3.05) is 0 Å². The molecular weight excluding hydrogens is 616 g/mol. The van der Waals surface area contributed by atoms with Crippen molar-refractivity contribution in [1.82, 2.24) is 0 Å². The van der Waals surface area contributed by atoms with E-state index < -0.39 is 97.3 Å². The second-order valence-corrected chi connectivity index (χ2v) is 12.6. The summed E-state index contributed by atoms with van der Waals surface area (Å²) in [5.41, 5.74) is 11.6. The van der Waals surface area contributed by atoms with Crippen molar-refractivity contribution in [2.24, 2.45) is 17.4 Å². The molecule has 0 radical (unpaired) electrons. The van der Waals surface area contributed by atoms with Crippen LogP contribution in [0, 0.1) is 5.92 Å². The van der Waals surface area contributed by atoms with E-state index in [2.05, 4.69) is 0 Å². The van der Waals surface area contributed by atoms with Gasteiger partial charge in [0.1, 0.15) is 18.3 Å². The molecule has 4 heterocycles. The maximum absolute atomic E-state index is 12.5. The van der Waals surface area contributed by atoms with Crippen molar-refractivity contribution in [3.05, 3.63) is 60.8 Å². The number of allylic oxidation sites excluding steroid dienone is 6. The van der Waals surface area contributed by atoms with Gasteiger partial charge in [-0.3, -0.25) is 4.79 Å². The first-order chi connectivity index (χ1) is 22.3. The van der Waals surface area contributed by atoms with Crippen molar-refractivity contribution in [2.45, 2.75) is 125 Å². The fourth-order valence-electron chi connectivity index (χ4n) is 6.05. The summed E-state index contributed by atoms with van der Waals surface area (Å²) in [6.07, 6.45) is 6.16. The normalized spacial score (nSPS) is 47.2. The molecule has 14 heteroatoms. The number of aliphatic hydroxyl groups is 5. The molecule has 262 valence electrons. The molecule has 0 spiro atoms. The highest BCUT2D eigenvalue weighted by molar-refractivity contribution is 5.82. The molecule has 2 bridgehead atoms. The van der Waals surface area contributed by atoms with E-state index in [-0.39, 0.29) is 25.4 Å². The molecule has 0 aromatic carbocycles. The number of fused-ring (bicyclic) bond motifs is 3. The molecule has 10 unspecified atom stereocenters. The summed E-state index contributed by atoms with van der Waals surface area (Å²) >= 11 is 0. The quantitative estimate of drug-likeness (QED) is 0.149. The van der Waals surface area contributed by atoms with Gasteiger partial charge < -0.3 is 60.7 Å². The maximum Gasteiger partial charge on any atom is 0.330 e. The van der Waals surface area contributed by atoms with Crippen LogP contribution in [-0.4, -0.2) is 117 Å². The first-order valence-electron chi connectivity index (χ1n) is 16.0. The minimum Gasteiger partial charge on any atom is -0.459 e. The van der Waals surface area contributed by atoms with Crippen LogP contribution in [0.25, 0.3) is 0 Å². The van der Waals surface area contributed by atoms with Gasteiger partial charge in [-0.2, -0.15) is 0 Å². The number of rotatable bonds is 3. The van der Waals surface area contributed by atoms with E-state index in [1.807, 2.05) is 12.2 Å². The van der Waals surface area contributed by atoms with Crippen LogP contribution in [0.4, 0.5) is 0 Å². The minimum absolute atomic E-state index is 0.104. The minimum atomic E-state index is -2.04. The summed E-state index contributed by atoms with van der Waals surface area (Å²) in [5.74, 6) is -4.66. The highest BCUT2D eigenvalue weighted by Crippen LogP contribution is 2.39. The number of hydrogen-bond acceptors (Lipinski definition) is 13. The molecule has 0 aliphatic carbocycles. The molecule has 47 heavy (non-hydrogen) atoms. The molecular formula is C33H48N2O12. The highest BCUT2D eigenvalue weighted by atomic mass is 16.7. The second-order valence-electron chi connectivity index (χ2n) is 12.6. The Labute approximate surface area is 273 Å². The van der Waals surface area contributed by atoms with Gasteiger partial charge >= 0.3 is 5.97 Å². The summed E-state index contributed by atoms with van der Waals surface area (Å²) in [6.45, 7) is 3.36. The van der Waals surface area contributed by atoms with Crippen molar-refractivity contribution in [3.63, 3.8) is 0 Å². The average Bonchev–Trinajstić information content (AvgIpc) is 3.72. The lowest BCUT2D eigenvalue weighted by Gasteiger charge is -2.45. The third-order valence-electron chi connectivity index (χ3n) is 8.62. The third-order valence-corrected chi connectivity index (χ3v) is 8.62. The van der Waals surface area contributed by atoms with Gasteiger partial charge in [0.2, 0.25) is 5.91 Å². The molecule has 3 fully saturated rings. The second kappa shape index (κ2) is 16.6. The number of carbonyl (C=O) groups excluding carboxylic acids is 2. The highest BCUT2D eigenvalue weighted by Gasteiger charge is 2.51. The Balaban J connectivity index is 1.58. The largest absolute Gasteiger partial charge is 0.459 e. The molecule has 0 saturated carbocycles. The van der Waals surface area contributed by atoms with E-state index in [0.29, 0.717) is 6.42 Å². The molecule has 0 aromatic heterocycles. The van der Waals surface area contributed by atoms with Crippen LogP contribution in [-0.2, 0) is 33.3 Å². The number of aliphatic hydroxyl groups excluding tert-OH is 4. The lowest BCUT2D eigenvalue weighted by Crippen LogP contribution is -2.61. The Hall–Kier alpha value is -2.76. The number of cyclic esters (lactones) is 1. The molecule has 3 saturated heterocycles. The van der Waals surface area contributed by atoms with Crippen LogP contribution < -0.4 is 11.5 Å². The predicted molar refractivity (Wildman–Crippen MR) is 167 cm³/mol. The van der Waals surface area contributed by atoms with Crippen LogP contribution in [0.5, 0.6) is 0 Å². The standard InChI is InChI=1S/C33H48N2O12/c1-18-10-8-6-4-3-5-7-9-11-21(45-32-30(40)28(34)29(39)19(2)44-32)15-25-27(31(35)41)22(37)17-33(42,47-25)16-20(36)14-24-23(46-24)12-13-26(38)43-18/h3-9,11-13,18-25,27-30,32,36-37,39-40,42H,10,14-17,34H2,1-2H3,(H2,35,41)/b4-3+,7-5+,8-6-,11-9+,13-12-/t18?,19?,20?,21?,22?,23?,24?,25?,27?,28-,29+,30-,32-,33?/m0/s1. The van der Waals surface area contributed by atoms with E-state index in [4.69, 9.17) is 35.2 Å². The van der Waals surface area contributed by atoms with E-state index in [9.17, 15) is 35.1 Å². The molecule has 0 aromatic rings. The zero-order valence-electron chi connectivity index (χ0n) is 26.6. The summed E-state index contributed by atoms with van der Waals surface area (Å²) in [6, 6.07) is -1.06. The number of nitrogens with two attached hydrogens (primary N) is 2. The summed E-state index contributed by atoms with van der Waals surface area (Å²) in [5, 5.41) is 54.1. The smallest absolute Gasteiger partial charge is 0.330 e. The van der Waals surface area contributed by atoms with Crippen LogP contribution in [0.2, 0.25) is 0 Å². The van der Waals surface area contributed by atoms with E-state index in [0.717, 1.165) is 0 Å². The number of primary amides is 1. The Bertz CT molecular complexity index is 1220. The van der Waals surface area contributed by atoms with Crippen LogP contribution >= 0.6 is 0 Å². The topological polar surface area (TPSA) is 237 Å². The molecule has 4 rings (SSSR count). The van der Waals surface area contributed by atoms with E-state index in [1.54, 1.807) is 56.4 Å². The monoisotopic (exact) mass is 664 g/mol. The third kappa shape index (κ3) is 10.6. The van der Waals surface area contributed by atoms with Crippen LogP contribution in [0.15, 0.2) is 60.8 Å². The number of ether oxygens (including phenoxy) is 5. The van der Waals surface area contributed by atoms with Gasteiger partial charge in [-0.1, -0.05) is 48.6 Å². The Kier molecular flexibility index (Phi) is 13.1. The summed E-state index contributed by atoms with van der Waals surface area (Å²) < 4.78 is 28.7. The lowest BCUT2D eigenvalue weighted by atomic mass is 9.82.